The Kier molecular flexibility index (Phi) is 3.76. The van der Waals surface area contributed by atoms with Gasteiger partial charge in [0.2, 0.25) is 5.95 Å². The minimum atomic E-state index is 0.628. The summed E-state index contributed by atoms with van der Waals surface area (Å²) in [6, 6.07) is 6.15. The Hall–Kier alpha value is -2.17. The minimum absolute atomic E-state index is 0.628. The van der Waals surface area contributed by atoms with Gasteiger partial charge in [-0.2, -0.15) is 0 Å². The Bertz CT molecular complexity index is 580. The first-order chi connectivity index (χ1) is 9.86. The quantitative estimate of drug-likeness (QED) is 0.908. The van der Waals surface area contributed by atoms with Crippen LogP contribution in [-0.4, -0.2) is 29.3 Å². The topological polar surface area (TPSA) is 48.3 Å². The molecule has 1 N–H and O–H groups in total. The standard InChI is InChI=1S/C15H19N3O2/c1-2-16-15-17-6-8-18(15)7-5-12-3-4-13-14(11-12)20-10-9-19-13/h3-4,6,8,11H,2,5,7,9-10H2,1H3,(H,16,17). The van der Waals surface area contributed by atoms with Crippen molar-refractivity contribution in [3.63, 3.8) is 0 Å². The second-order valence-electron chi connectivity index (χ2n) is 4.70. The van der Waals surface area contributed by atoms with Gasteiger partial charge in [-0.1, -0.05) is 6.07 Å². The highest BCUT2D eigenvalue weighted by Gasteiger charge is 2.11. The van der Waals surface area contributed by atoms with Crippen molar-refractivity contribution in [2.75, 3.05) is 25.1 Å². The molecule has 106 valence electrons. The Morgan fingerprint density at radius 3 is 2.95 bits per heavy atom. The fourth-order valence-corrected chi connectivity index (χ4v) is 2.31. The van der Waals surface area contributed by atoms with Gasteiger partial charge in [0, 0.05) is 25.5 Å². The summed E-state index contributed by atoms with van der Waals surface area (Å²) >= 11 is 0. The number of nitrogens with zero attached hydrogens (tertiary/aromatic N) is 2. The molecule has 0 unspecified atom stereocenters. The first-order valence-electron chi connectivity index (χ1n) is 7.00. The number of fused-ring (bicyclic) bond motifs is 1. The van der Waals surface area contributed by atoms with Crippen LogP contribution in [0.2, 0.25) is 0 Å². The van der Waals surface area contributed by atoms with Crippen molar-refractivity contribution in [1.82, 2.24) is 9.55 Å². The van der Waals surface area contributed by atoms with Crippen LogP contribution in [0, 0.1) is 0 Å². The first-order valence-corrected chi connectivity index (χ1v) is 7.00. The average molecular weight is 273 g/mol. The summed E-state index contributed by atoms with van der Waals surface area (Å²) in [5.41, 5.74) is 1.24. The van der Waals surface area contributed by atoms with E-state index in [1.165, 1.54) is 5.56 Å². The predicted octanol–water partition coefficient (Wildman–Crippen LogP) is 2.33. The summed E-state index contributed by atoms with van der Waals surface area (Å²) in [6.07, 6.45) is 4.75. The number of benzene rings is 1. The van der Waals surface area contributed by atoms with E-state index in [0.29, 0.717) is 13.2 Å². The van der Waals surface area contributed by atoms with Gasteiger partial charge in [0.25, 0.3) is 0 Å². The fourth-order valence-electron chi connectivity index (χ4n) is 2.31. The number of hydrogen-bond donors (Lipinski definition) is 1. The number of aromatic nitrogens is 2. The second kappa shape index (κ2) is 5.86. The molecule has 0 radical (unpaired) electrons. The molecule has 0 saturated heterocycles. The lowest BCUT2D eigenvalue weighted by atomic mass is 10.1. The van der Waals surface area contributed by atoms with Gasteiger partial charge < -0.3 is 19.4 Å². The van der Waals surface area contributed by atoms with Crippen molar-refractivity contribution in [2.45, 2.75) is 19.9 Å². The third-order valence-corrected chi connectivity index (χ3v) is 3.30. The SMILES string of the molecule is CCNc1nccn1CCc1ccc2c(c1)OCCO2. The van der Waals surface area contributed by atoms with Crippen molar-refractivity contribution in [3.8, 4) is 11.5 Å². The zero-order valence-corrected chi connectivity index (χ0v) is 11.6. The van der Waals surface area contributed by atoms with Crippen molar-refractivity contribution < 1.29 is 9.47 Å². The summed E-state index contributed by atoms with van der Waals surface area (Å²) in [4.78, 5) is 4.30. The normalized spacial score (nSPS) is 13.2. The molecule has 1 aromatic carbocycles. The van der Waals surface area contributed by atoms with Crippen LogP contribution in [-0.2, 0) is 13.0 Å². The third-order valence-electron chi connectivity index (χ3n) is 3.30. The molecular formula is C15H19N3O2. The molecule has 0 bridgehead atoms. The van der Waals surface area contributed by atoms with E-state index in [1.54, 1.807) is 0 Å². The molecule has 0 atom stereocenters. The largest absolute Gasteiger partial charge is 0.486 e. The molecule has 5 nitrogen and oxygen atoms in total. The lowest BCUT2D eigenvalue weighted by Gasteiger charge is -2.19. The van der Waals surface area contributed by atoms with Crippen LogP contribution in [0.5, 0.6) is 11.5 Å². The van der Waals surface area contributed by atoms with E-state index in [0.717, 1.165) is 37.0 Å². The molecule has 0 amide bonds. The number of aryl methyl sites for hydroxylation is 2. The third kappa shape index (κ3) is 2.71. The van der Waals surface area contributed by atoms with Gasteiger partial charge in [0.05, 0.1) is 0 Å². The summed E-state index contributed by atoms with van der Waals surface area (Å²) in [6.45, 7) is 5.10. The molecular weight excluding hydrogens is 254 g/mol. The van der Waals surface area contributed by atoms with Crippen molar-refractivity contribution >= 4 is 5.95 Å². The van der Waals surface area contributed by atoms with Gasteiger partial charge in [0.1, 0.15) is 13.2 Å². The van der Waals surface area contributed by atoms with Crippen LogP contribution in [0.3, 0.4) is 0 Å². The molecule has 3 rings (SSSR count). The maximum absolute atomic E-state index is 5.61. The highest BCUT2D eigenvalue weighted by Crippen LogP contribution is 2.30. The molecule has 1 aliphatic heterocycles. The molecule has 1 aliphatic rings. The molecule has 2 heterocycles. The van der Waals surface area contributed by atoms with E-state index in [1.807, 2.05) is 18.5 Å². The lowest BCUT2D eigenvalue weighted by Crippen LogP contribution is -2.15. The van der Waals surface area contributed by atoms with E-state index >= 15 is 0 Å². The molecule has 5 heteroatoms. The van der Waals surface area contributed by atoms with Crippen LogP contribution in [0.25, 0.3) is 0 Å². The van der Waals surface area contributed by atoms with Gasteiger partial charge >= 0.3 is 0 Å². The Labute approximate surface area is 118 Å². The molecule has 20 heavy (non-hydrogen) atoms. The second-order valence-corrected chi connectivity index (χ2v) is 4.70. The predicted molar refractivity (Wildman–Crippen MR) is 77.5 cm³/mol. The summed E-state index contributed by atoms with van der Waals surface area (Å²) in [7, 11) is 0. The molecule has 1 aromatic heterocycles. The molecule has 2 aromatic rings. The van der Waals surface area contributed by atoms with Crippen LogP contribution in [0.15, 0.2) is 30.6 Å². The number of rotatable bonds is 5. The Morgan fingerprint density at radius 2 is 2.10 bits per heavy atom. The summed E-state index contributed by atoms with van der Waals surface area (Å²) < 4.78 is 13.3. The number of anilines is 1. The minimum Gasteiger partial charge on any atom is -0.486 e. The number of ether oxygens (including phenoxy) is 2. The first kappa shape index (κ1) is 12.8. The zero-order chi connectivity index (χ0) is 13.8. The summed E-state index contributed by atoms with van der Waals surface area (Å²) in [5.74, 6) is 2.62. The van der Waals surface area contributed by atoms with Crippen LogP contribution < -0.4 is 14.8 Å². The lowest BCUT2D eigenvalue weighted by molar-refractivity contribution is 0.171. The fraction of sp³-hybridized carbons (Fsp3) is 0.400. The van der Waals surface area contributed by atoms with Gasteiger partial charge in [-0.3, -0.25) is 0 Å². The van der Waals surface area contributed by atoms with E-state index in [9.17, 15) is 0 Å². The monoisotopic (exact) mass is 273 g/mol. The number of hydrogen-bond acceptors (Lipinski definition) is 4. The van der Waals surface area contributed by atoms with Crippen LogP contribution >= 0.6 is 0 Å². The van der Waals surface area contributed by atoms with E-state index in [4.69, 9.17) is 9.47 Å². The molecule has 0 aliphatic carbocycles. The van der Waals surface area contributed by atoms with Gasteiger partial charge in [-0.15, -0.1) is 0 Å². The number of nitrogens with one attached hydrogen (secondary N) is 1. The smallest absolute Gasteiger partial charge is 0.202 e. The highest BCUT2D eigenvalue weighted by molar-refractivity contribution is 5.43. The molecule has 0 fully saturated rings. The van der Waals surface area contributed by atoms with Crippen molar-refractivity contribution in [3.05, 3.63) is 36.2 Å². The Balaban J connectivity index is 1.67. The average Bonchev–Trinajstić information content (AvgIpc) is 2.93. The molecule has 0 saturated carbocycles. The van der Waals surface area contributed by atoms with Crippen LogP contribution in [0.4, 0.5) is 5.95 Å². The number of imidazole rings is 1. The van der Waals surface area contributed by atoms with Gasteiger partial charge in [-0.25, -0.2) is 4.98 Å². The maximum Gasteiger partial charge on any atom is 0.202 e. The van der Waals surface area contributed by atoms with E-state index in [-0.39, 0.29) is 0 Å². The van der Waals surface area contributed by atoms with Gasteiger partial charge in [0.15, 0.2) is 11.5 Å². The summed E-state index contributed by atoms with van der Waals surface area (Å²) in [5, 5.41) is 3.25. The maximum atomic E-state index is 5.61. The van der Waals surface area contributed by atoms with Crippen LogP contribution in [0.1, 0.15) is 12.5 Å². The van der Waals surface area contributed by atoms with E-state index in [2.05, 4.69) is 33.9 Å². The van der Waals surface area contributed by atoms with Gasteiger partial charge in [-0.05, 0) is 31.0 Å². The Morgan fingerprint density at radius 1 is 1.25 bits per heavy atom. The highest BCUT2D eigenvalue weighted by atomic mass is 16.6. The van der Waals surface area contributed by atoms with Crippen molar-refractivity contribution in [2.24, 2.45) is 0 Å². The van der Waals surface area contributed by atoms with E-state index < -0.39 is 0 Å². The zero-order valence-electron chi connectivity index (χ0n) is 11.6. The van der Waals surface area contributed by atoms with Crippen molar-refractivity contribution in [1.29, 1.82) is 0 Å². The molecule has 0 spiro atoms.